The molecule has 25 heavy (non-hydrogen) atoms. The molecule has 0 aliphatic rings. The van der Waals surface area contributed by atoms with E-state index >= 15 is 0 Å². The Morgan fingerprint density at radius 3 is 2.64 bits per heavy atom. The van der Waals surface area contributed by atoms with Gasteiger partial charge in [0.05, 0.1) is 23.8 Å². The van der Waals surface area contributed by atoms with Crippen LogP contribution in [0.25, 0.3) is 0 Å². The lowest BCUT2D eigenvalue weighted by molar-refractivity contribution is -0.122. The van der Waals surface area contributed by atoms with Gasteiger partial charge in [-0.15, -0.1) is 0 Å². The van der Waals surface area contributed by atoms with Gasteiger partial charge in [0.2, 0.25) is 5.91 Å². The molecule has 2 N–H and O–H groups in total. The first-order valence-electron chi connectivity index (χ1n) is 8.44. The van der Waals surface area contributed by atoms with Crippen molar-refractivity contribution in [2.45, 2.75) is 52.7 Å². The number of aryl methyl sites for hydroxylation is 2. The summed E-state index contributed by atoms with van der Waals surface area (Å²) in [5, 5.41) is 17.0. The minimum Gasteiger partial charge on any atom is -0.491 e. The molecular formula is C19H26N2O4. The van der Waals surface area contributed by atoms with E-state index in [1.165, 1.54) is 0 Å². The zero-order chi connectivity index (χ0) is 18.6. The third-order valence-corrected chi connectivity index (χ3v) is 4.00. The number of nitrogens with zero attached hydrogens (tertiary/aromatic N) is 1. The second-order valence-corrected chi connectivity index (χ2v) is 6.46. The summed E-state index contributed by atoms with van der Waals surface area (Å²) in [6.45, 7) is 9.40. The minimum atomic E-state index is -0.809. The highest BCUT2D eigenvalue weighted by Gasteiger charge is 2.23. The fourth-order valence-corrected chi connectivity index (χ4v) is 2.77. The van der Waals surface area contributed by atoms with Gasteiger partial charge >= 0.3 is 0 Å². The van der Waals surface area contributed by atoms with E-state index < -0.39 is 12.0 Å². The topological polar surface area (TPSA) is 84.6 Å². The molecule has 1 aromatic heterocycles. The zero-order valence-corrected chi connectivity index (χ0v) is 15.4. The summed E-state index contributed by atoms with van der Waals surface area (Å²) in [5.41, 5.74) is 2.20. The molecule has 2 atom stereocenters. The van der Waals surface area contributed by atoms with Gasteiger partial charge in [-0.2, -0.15) is 0 Å². The standard InChI is InChI=1S/C19H26N2O4/c1-11(2)24-16-8-6-7-15(9-16)17(22)10-20-19(23)12(3)18-13(4)21-25-14(18)5/h6-9,11-12,17,22H,10H2,1-5H3,(H,20,23). The second-order valence-electron chi connectivity index (χ2n) is 6.46. The van der Waals surface area contributed by atoms with Gasteiger partial charge in [-0.3, -0.25) is 4.79 Å². The van der Waals surface area contributed by atoms with Gasteiger partial charge < -0.3 is 19.7 Å². The number of carbonyl (C=O) groups excluding carboxylic acids is 1. The molecule has 0 saturated heterocycles. The first-order valence-corrected chi connectivity index (χ1v) is 8.44. The summed E-state index contributed by atoms with van der Waals surface area (Å²) in [4.78, 5) is 12.4. The fourth-order valence-electron chi connectivity index (χ4n) is 2.77. The summed E-state index contributed by atoms with van der Waals surface area (Å²) in [6, 6.07) is 7.26. The van der Waals surface area contributed by atoms with E-state index in [4.69, 9.17) is 9.26 Å². The number of rotatable bonds is 7. The zero-order valence-electron chi connectivity index (χ0n) is 15.4. The molecule has 0 aliphatic heterocycles. The predicted molar refractivity (Wildman–Crippen MR) is 94.6 cm³/mol. The molecule has 1 aromatic carbocycles. The van der Waals surface area contributed by atoms with Crippen LogP contribution in [0, 0.1) is 13.8 Å². The van der Waals surface area contributed by atoms with Crippen LogP contribution < -0.4 is 10.1 Å². The largest absolute Gasteiger partial charge is 0.491 e. The van der Waals surface area contributed by atoms with Crippen LogP contribution in [-0.4, -0.2) is 28.8 Å². The lowest BCUT2D eigenvalue weighted by Gasteiger charge is -2.17. The smallest absolute Gasteiger partial charge is 0.227 e. The monoisotopic (exact) mass is 346 g/mol. The van der Waals surface area contributed by atoms with Crippen molar-refractivity contribution in [3.05, 3.63) is 46.8 Å². The molecule has 1 heterocycles. The van der Waals surface area contributed by atoms with Crippen LogP contribution in [0.1, 0.15) is 55.4 Å². The van der Waals surface area contributed by atoms with Crippen molar-refractivity contribution in [3.63, 3.8) is 0 Å². The van der Waals surface area contributed by atoms with Crippen molar-refractivity contribution < 1.29 is 19.2 Å². The SMILES string of the molecule is Cc1noc(C)c1C(C)C(=O)NCC(O)c1cccc(OC(C)C)c1. The van der Waals surface area contributed by atoms with Crippen molar-refractivity contribution in [1.29, 1.82) is 0 Å². The average molecular weight is 346 g/mol. The molecule has 0 radical (unpaired) electrons. The number of hydrogen-bond acceptors (Lipinski definition) is 5. The quantitative estimate of drug-likeness (QED) is 0.805. The van der Waals surface area contributed by atoms with E-state index in [0.717, 1.165) is 5.56 Å². The minimum absolute atomic E-state index is 0.0583. The maximum atomic E-state index is 12.4. The van der Waals surface area contributed by atoms with Crippen molar-refractivity contribution in [3.8, 4) is 5.75 Å². The number of benzene rings is 1. The van der Waals surface area contributed by atoms with Crippen LogP contribution in [0.2, 0.25) is 0 Å². The molecule has 0 fully saturated rings. The Bertz CT molecular complexity index is 704. The van der Waals surface area contributed by atoms with Gasteiger partial charge in [0.25, 0.3) is 0 Å². The Morgan fingerprint density at radius 2 is 2.04 bits per heavy atom. The predicted octanol–water partition coefficient (Wildman–Crippen LogP) is 3.03. The molecule has 2 unspecified atom stereocenters. The third-order valence-electron chi connectivity index (χ3n) is 4.00. The number of aliphatic hydroxyl groups is 1. The van der Waals surface area contributed by atoms with Crippen LogP contribution in [0.5, 0.6) is 5.75 Å². The summed E-state index contributed by atoms with van der Waals surface area (Å²) < 4.78 is 10.7. The van der Waals surface area contributed by atoms with Crippen molar-refractivity contribution in [2.75, 3.05) is 6.54 Å². The van der Waals surface area contributed by atoms with E-state index in [-0.39, 0.29) is 18.6 Å². The Hall–Kier alpha value is -2.34. The Balaban J connectivity index is 1.97. The highest BCUT2D eigenvalue weighted by atomic mass is 16.5. The number of carbonyl (C=O) groups is 1. The number of aliphatic hydroxyl groups excluding tert-OH is 1. The van der Waals surface area contributed by atoms with E-state index in [1.54, 1.807) is 19.9 Å². The van der Waals surface area contributed by atoms with Gasteiger partial charge in [0.15, 0.2) is 0 Å². The molecule has 136 valence electrons. The molecule has 6 nitrogen and oxygen atoms in total. The maximum Gasteiger partial charge on any atom is 0.227 e. The number of nitrogens with one attached hydrogen (secondary N) is 1. The molecule has 0 bridgehead atoms. The molecule has 1 amide bonds. The summed E-state index contributed by atoms with van der Waals surface area (Å²) in [5.74, 6) is 0.762. The van der Waals surface area contributed by atoms with Gasteiger partial charge in [-0.25, -0.2) is 0 Å². The number of aromatic nitrogens is 1. The van der Waals surface area contributed by atoms with E-state index in [1.807, 2.05) is 39.0 Å². The van der Waals surface area contributed by atoms with Crippen molar-refractivity contribution in [1.82, 2.24) is 10.5 Å². The van der Waals surface area contributed by atoms with Gasteiger partial charge in [-0.1, -0.05) is 17.3 Å². The molecule has 2 rings (SSSR count). The Labute approximate surface area is 148 Å². The van der Waals surface area contributed by atoms with Crippen LogP contribution in [-0.2, 0) is 4.79 Å². The molecule has 2 aromatic rings. The van der Waals surface area contributed by atoms with Gasteiger partial charge in [0, 0.05) is 12.1 Å². The average Bonchev–Trinajstić information content (AvgIpc) is 2.90. The number of amides is 1. The van der Waals surface area contributed by atoms with Crippen molar-refractivity contribution in [2.24, 2.45) is 0 Å². The van der Waals surface area contributed by atoms with E-state index in [9.17, 15) is 9.90 Å². The Morgan fingerprint density at radius 1 is 1.32 bits per heavy atom. The highest BCUT2D eigenvalue weighted by molar-refractivity contribution is 5.83. The maximum absolute atomic E-state index is 12.4. The van der Waals surface area contributed by atoms with Crippen LogP contribution in [0.15, 0.2) is 28.8 Å². The Kier molecular flexibility index (Phi) is 6.20. The fraction of sp³-hybridized carbons (Fsp3) is 0.474. The first kappa shape index (κ1) is 19.0. The molecule has 6 heteroatoms. The lowest BCUT2D eigenvalue weighted by atomic mass is 9.98. The molecule has 0 aliphatic carbocycles. The summed E-state index contributed by atoms with van der Waals surface area (Å²) >= 11 is 0. The third kappa shape index (κ3) is 4.82. The van der Waals surface area contributed by atoms with Gasteiger partial charge in [0.1, 0.15) is 11.5 Å². The number of hydrogen-bond donors (Lipinski definition) is 2. The molecule has 0 saturated carbocycles. The van der Waals surface area contributed by atoms with Crippen LogP contribution >= 0.6 is 0 Å². The molecular weight excluding hydrogens is 320 g/mol. The van der Waals surface area contributed by atoms with Gasteiger partial charge in [-0.05, 0) is 52.3 Å². The first-order chi connectivity index (χ1) is 11.8. The lowest BCUT2D eigenvalue weighted by Crippen LogP contribution is -2.32. The van der Waals surface area contributed by atoms with Crippen LogP contribution in [0.3, 0.4) is 0 Å². The van der Waals surface area contributed by atoms with E-state index in [0.29, 0.717) is 22.8 Å². The second kappa shape index (κ2) is 8.16. The number of ether oxygens (including phenoxy) is 1. The van der Waals surface area contributed by atoms with Crippen molar-refractivity contribution >= 4 is 5.91 Å². The molecule has 0 spiro atoms. The normalized spacial score (nSPS) is 13.6. The van der Waals surface area contributed by atoms with Crippen LogP contribution in [0.4, 0.5) is 0 Å². The van der Waals surface area contributed by atoms with E-state index in [2.05, 4.69) is 10.5 Å². The summed E-state index contributed by atoms with van der Waals surface area (Å²) in [7, 11) is 0. The summed E-state index contributed by atoms with van der Waals surface area (Å²) in [6.07, 6.45) is -0.750. The highest BCUT2D eigenvalue weighted by Crippen LogP contribution is 2.24.